The minimum atomic E-state index is -3.84. The Morgan fingerprint density at radius 2 is 1.77 bits per heavy atom. The Balaban J connectivity index is 1.82. The van der Waals surface area contributed by atoms with Gasteiger partial charge in [-0.1, -0.05) is 41.4 Å². The van der Waals surface area contributed by atoms with Gasteiger partial charge in [0.25, 0.3) is 5.91 Å². The number of aromatic nitrogens is 1. The van der Waals surface area contributed by atoms with Gasteiger partial charge in [0.05, 0.1) is 10.4 Å². The number of aryl methyl sites for hydroxylation is 1. The highest BCUT2D eigenvalue weighted by Crippen LogP contribution is 2.28. The standard InChI is InChI=1S/C18H15ClN2O3S2/c1-12-2-4-13(5-3-12)10-20-17(22)16-18(25-11-21-16)26(23,24)15-8-6-14(19)7-9-15/h2-9,11H,10H2,1H3,(H,20,22). The van der Waals surface area contributed by atoms with E-state index in [1.807, 2.05) is 31.2 Å². The molecule has 134 valence electrons. The fourth-order valence-electron chi connectivity index (χ4n) is 2.27. The van der Waals surface area contributed by atoms with Crippen LogP contribution in [0.2, 0.25) is 5.02 Å². The molecule has 0 aliphatic heterocycles. The first-order valence-electron chi connectivity index (χ1n) is 7.66. The molecule has 0 aliphatic rings. The summed E-state index contributed by atoms with van der Waals surface area (Å²) in [5.41, 5.74) is 3.29. The highest BCUT2D eigenvalue weighted by Gasteiger charge is 2.27. The highest BCUT2D eigenvalue weighted by molar-refractivity contribution is 7.93. The van der Waals surface area contributed by atoms with Crippen molar-refractivity contribution in [2.24, 2.45) is 0 Å². The molecule has 0 aliphatic carbocycles. The minimum Gasteiger partial charge on any atom is -0.347 e. The van der Waals surface area contributed by atoms with Crippen molar-refractivity contribution in [1.82, 2.24) is 10.3 Å². The van der Waals surface area contributed by atoms with Crippen LogP contribution in [0, 0.1) is 6.92 Å². The van der Waals surface area contributed by atoms with E-state index in [4.69, 9.17) is 11.6 Å². The van der Waals surface area contributed by atoms with Crippen molar-refractivity contribution in [2.45, 2.75) is 22.6 Å². The summed E-state index contributed by atoms with van der Waals surface area (Å²) in [6, 6.07) is 13.5. The molecular weight excluding hydrogens is 392 g/mol. The fourth-order valence-corrected chi connectivity index (χ4v) is 4.94. The molecular formula is C18H15ClN2O3S2. The van der Waals surface area contributed by atoms with Gasteiger partial charge in [0.15, 0.2) is 9.90 Å². The molecule has 0 spiro atoms. The van der Waals surface area contributed by atoms with Gasteiger partial charge in [-0.3, -0.25) is 4.79 Å². The van der Waals surface area contributed by atoms with Crippen LogP contribution in [0.3, 0.4) is 0 Å². The van der Waals surface area contributed by atoms with E-state index in [0.717, 1.165) is 22.5 Å². The lowest BCUT2D eigenvalue weighted by atomic mass is 10.1. The van der Waals surface area contributed by atoms with Gasteiger partial charge in [0.2, 0.25) is 9.84 Å². The topological polar surface area (TPSA) is 76.1 Å². The van der Waals surface area contributed by atoms with Crippen LogP contribution in [-0.2, 0) is 16.4 Å². The third-order valence-corrected chi connectivity index (χ3v) is 7.08. The molecule has 0 bridgehead atoms. The molecule has 0 saturated carbocycles. The average molecular weight is 407 g/mol. The number of amides is 1. The molecule has 1 N–H and O–H groups in total. The summed E-state index contributed by atoms with van der Waals surface area (Å²) in [4.78, 5) is 16.5. The van der Waals surface area contributed by atoms with E-state index in [1.54, 1.807) is 0 Å². The van der Waals surface area contributed by atoms with Crippen LogP contribution < -0.4 is 5.32 Å². The predicted molar refractivity (Wildman–Crippen MR) is 101 cm³/mol. The molecule has 0 radical (unpaired) electrons. The van der Waals surface area contributed by atoms with E-state index in [-0.39, 0.29) is 21.3 Å². The Morgan fingerprint density at radius 1 is 1.12 bits per heavy atom. The molecule has 8 heteroatoms. The average Bonchev–Trinajstić information content (AvgIpc) is 3.12. The summed E-state index contributed by atoms with van der Waals surface area (Å²) in [5.74, 6) is -0.528. The number of sulfone groups is 1. The van der Waals surface area contributed by atoms with Crippen LogP contribution in [0.4, 0.5) is 0 Å². The van der Waals surface area contributed by atoms with Crippen molar-refractivity contribution < 1.29 is 13.2 Å². The molecule has 1 amide bonds. The van der Waals surface area contributed by atoms with Crippen molar-refractivity contribution in [1.29, 1.82) is 0 Å². The Labute approximate surface area is 160 Å². The number of benzene rings is 2. The lowest BCUT2D eigenvalue weighted by molar-refractivity contribution is 0.0943. The van der Waals surface area contributed by atoms with E-state index < -0.39 is 15.7 Å². The SMILES string of the molecule is Cc1ccc(CNC(=O)c2ncsc2S(=O)(=O)c2ccc(Cl)cc2)cc1. The van der Waals surface area contributed by atoms with Gasteiger partial charge in [0, 0.05) is 11.6 Å². The molecule has 2 aromatic carbocycles. The Bertz CT molecular complexity index is 1030. The van der Waals surface area contributed by atoms with Gasteiger partial charge in [-0.2, -0.15) is 0 Å². The van der Waals surface area contributed by atoms with Crippen molar-refractivity contribution in [3.05, 3.63) is 75.9 Å². The van der Waals surface area contributed by atoms with Crippen molar-refractivity contribution in [2.75, 3.05) is 0 Å². The monoisotopic (exact) mass is 406 g/mol. The maximum Gasteiger partial charge on any atom is 0.272 e. The summed E-state index contributed by atoms with van der Waals surface area (Å²) in [6.45, 7) is 2.27. The Hall–Kier alpha value is -2.22. The molecule has 0 saturated heterocycles. The first kappa shape index (κ1) is 18.6. The van der Waals surface area contributed by atoms with Gasteiger partial charge in [0.1, 0.15) is 0 Å². The number of halogens is 1. The van der Waals surface area contributed by atoms with E-state index >= 15 is 0 Å². The van der Waals surface area contributed by atoms with E-state index in [0.29, 0.717) is 5.02 Å². The Kier molecular flexibility index (Phi) is 5.41. The zero-order valence-electron chi connectivity index (χ0n) is 13.8. The van der Waals surface area contributed by atoms with Gasteiger partial charge in [-0.25, -0.2) is 13.4 Å². The molecule has 0 atom stereocenters. The molecule has 3 rings (SSSR count). The van der Waals surface area contributed by atoms with E-state index in [2.05, 4.69) is 10.3 Å². The maximum absolute atomic E-state index is 12.8. The van der Waals surface area contributed by atoms with Crippen LogP contribution in [0.5, 0.6) is 0 Å². The summed E-state index contributed by atoms with van der Waals surface area (Å²) >= 11 is 6.72. The van der Waals surface area contributed by atoms with E-state index in [1.165, 1.54) is 29.8 Å². The van der Waals surface area contributed by atoms with Crippen LogP contribution in [0.25, 0.3) is 0 Å². The number of rotatable bonds is 5. The number of hydrogen-bond donors (Lipinski definition) is 1. The number of hydrogen-bond acceptors (Lipinski definition) is 5. The fraction of sp³-hybridized carbons (Fsp3) is 0.111. The lowest BCUT2D eigenvalue weighted by Crippen LogP contribution is -2.24. The second-order valence-electron chi connectivity index (χ2n) is 5.61. The molecule has 0 fully saturated rings. The summed E-state index contributed by atoms with van der Waals surface area (Å²) in [7, 11) is -3.84. The summed E-state index contributed by atoms with van der Waals surface area (Å²) in [5, 5.41) is 3.15. The number of nitrogens with one attached hydrogen (secondary N) is 1. The zero-order chi connectivity index (χ0) is 18.7. The van der Waals surface area contributed by atoms with Crippen LogP contribution in [-0.4, -0.2) is 19.3 Å². The number of carbonyl (C=O) groups excluding carboxylic acids is 1. The third-order valence-electron chi connectivity index (χ3n) is 3.69. The summed E-state index contributed by atoms with van der Waals surface area (Å²) in [6.07, 6.45) is 0. The van der Waals surface area contributed by atoms with Gasteiger partial charge < -0.3 is 5.32 Å². The van der Waals surface area contributed by atoms with E-state index in [9.17, 15) is 13.2 Å². The number of nitrogens with zero attached hydrogens (tertiary/aromatic N) is 1. The van der Waals surface area contributed by atoms with Crippen molar-refractivity contribution in [3.8, 4) is 0 Å². The van der Waals surface area contributed by atoms with Crippen LogP contribution >= 0.6 is 22.9 Å². The lowest BCUT2D eigenvalue weighted by Gasteiger charge is -2.07. The van der Waals surface area contributed by atoms with Crippen molar-refractivity contribution in [3.63, 3.8) is 0 Å². The first-order valence-corrected chi connectivity index (χ1v) is 10.4. The molecule has 5 nitrogen and oxygen atoms in total. The minimum absolute atomic E-state index is 0.0683. The zero-order valence-corrected chi connectivity index (χ0v) is 16.2. The molecule has 3 aromatic rings. The second kappa shape index (κ2) is 7.57. The van der Waals surface area contributed by atoms with Crippen LogP contribution in [0.1, 0.15) is 21.6 Å². The predicted octanol–water partition coefficient (Wildman–Crippen LogP) is 3.87. The number of carbonyl (C=O) groups is 1. The quantitative estimate of drug-likeness (QED) is 0.697. The smallest absolute Gasteiger partial charge is 0.272 e. The maximum atomic E-state index is 12.8. The largest absolute Gasteiger partial charge is 0.347 e. The molecule has 1 heterocycles. The summed E-state index contributed by atoms with van der Waals surface area (Å²) < 4.78 is 25.5. The van der Waals surface area contributed by atoms with Gasteiger partial charge >= 0.3 is 0 Å². The molecule has 0 unspecified atom stereocenters. The van der Waals surface area contributed by atoms with Crippen molar-refractivity contribution >= 4 is 38.7 Å². The van der Waals surface area contributed by atoms with Gasteiger partial charge in [-0.15, -0.1) is 11.3 Å². The Morgan fingerprint density at radius 3 is 2.42 bits per heavy atom. The number of thiazole rings is 1. The van der Waals surface area contributed by atoms with Gasteiger partial charge in [-0.05, 0) is 36.8 Å². The normalized spacial score (nSPS) is 11.3. The molecule has 1 aromatic heterocycles. The molecule has 26 heavy (non-hydrogen) atoms. The first-order chi connectivity index (χ1) is 12.4. The van der Waals surface area contributed by atoms with Crippen LogP contribution in [0.15, 0.2) is 63.1 Å². The second-order valence-corrected chi connectivity index (χ2v) is 9.05. The third kappa shape index (κ3) is 3.95. The highest BCUT2D eigenvalue weighted by atomic mass is 35.5.